The van der Waals surface area contributed by atoms with Gasteiger partial charge in [-0.15, -0.1) is 13.2 Å². The minimum absolute atomic E-state index is 0.160. The highest BCUT2D eigenvalue weighted by molar-refractivity contribution is 9.10. The summed E-state index contributed by atoms with van der Waals surface area (Å²) in [7, 11) is -4.14. The molecule has 170 valence electrons. The molecular formula is C21H24BrF3N2O3S. The number of rotatable bonds is 8. The second kappa shape index (κ2) is 10.3. The molecule has 0 aromatic heterocycles. The minimum atomic E-state index is -4.99. The Morgan fingerprint density at radius 1 is 1.10 bits per heavy atom. The Kier molecular flexibility index (Phi) is 8.01. The molecular weight excluding hydrogens is 497 g/mol. The van der Waals surface area contributed by atoms with Crippen molar-refractivity contribution in [3.63, 3.8) is 0 Å². The first-order valence-corrected chi connectivity index (χ1v) is 12.2. The van der Waals surface area contributed by atoms with Crippen LogP contribution in [-0.2, 0) is 16.6 Å². The molecule has 0 radical (unpaired) electrons. The van der Waals surface area contributed by atoms with Crippen LogP contribution in [0.1, 0.15) is 24.8 Å². The van der Waals surface area contributed by atoms with Gasteiger partial charge in [0.15, 0.2) is 5.75 Å². The lowest BCUT2D eigenvalue weighted by molar-refractivity contribution is -0.275. The summed E-state index contributed by atoms with van der Waals surface area (Å²) in [5, 5.41) is 0. The summed E-state index contributed by atoms with van der Waals surface area (Å²) in [4.78, 5) is 1.84. The fourth-order valence-electron chi connectivity index (χ4n) is 3.66. The van der Waals surface area contributed by atoms with Gasteiger partial charge in [0.1, 0.15) is 4.90 Å². The normalized spacial score (nSPS) is 16.4. The number of hydrogen-bond donors (Lipinski definition) is 1. The van der Waals surface area contributed by atoms with Crippen molar-refractivity contribution in [3.05, 3.63) is 58.6 Å². The Morgan fingerprint density at radius 3 is 2.42 bits per heavy atom. The Morgan fingerprint density at radius 2 is 1.77 bits per heavy atom. The molecule has 1 N–H and O–H groups in total. The SMILES string of the molecule is O=S(=O)(NCCC1CCN(Cc2ccccc2)CC1)c1ccc(Br)cc1OC(F)(F)F. The lowest BCUT2D eigenvalue weighted by atomic mass is 9.93. The second-order valence-electron chi connectivity index (χ2n) is 7.53. The largest absolute Gasteiger partial charge is 0.573 e. The number of piperidine rings is 1. The van der Waals surface area contributed by atoms with Crippen molar-refractivity contribution in [2.24, 2.45) is 5.92 Å². The first-order chi connectivity index (χ1) is 14.6. The number of benzene rings is 2. The topological polar surface area (TPSA) is 58.6 Å². The zero-order valence-corrected chi connectivity index (χ0v) is 19.1. The summed E-state index contributed by atoms with van der Waals surface area (Å²) in [6, 6.07) is 13.7. The van der Waals surface area contributed by atoms with Crippen LogP contribution < -0.4 is 9.46 Å². The molecule has 0 bridgehead atoms. The van der Waals surface area contributed by atoms with Crippen LogP contribution in [0.2, 0.25) is 0 Å². The summed E-state index contributed by atoms with van der Waals surface area (Å²) in [5.74, 6) is -0.394. The molecule has 2 aromatic rings. The van der Waals surface area contributed by atoms with Gasteiger partial charge >= 0.3 is 6.36 Å². The molecule has 10 heteroatoms. The van der Waals surface area contributed by atoms with Crippen molar-refractivity contribution in [1.29, 1.82) is 0 Å². The summed E-state index contributed by atoms with van der Waals surface area (Å²) >= 11 is 3.03. The predicted octanol–water partition coefficient (Wildman–Crippen LogP) is 4.93. The van der Waals surface area contributed by atoms with Crippen LogP contribution in [0.15, 0.2) is 57.9 Å². The standard InChI is InChI=1S/C21H24BrF3N2O3S/c22-18-6-7-20(19(14-18)30-21(23,24)25)31(28,29)26-11-8-16-9-12-27(13-10-16)15-17-4-2-1-3-5-17/h1-7,14,16,26H,8-13,15H2. The summed E-state index contributed by atoms with van der Waals surface area (Å²) < 4.78 is 69.7. The molecule has 1 heterocycles. The van der Waals surface area contributed by atoms with Crippen LogP contribution in [-0.4, -0.2) is 39.3 Å². The average molecular weight is 521 g/mol. The van der Waals surface area contributed by atoms with E-state index in [2.05, 4.69) is 42.4 Å². The van der Waals surface area contributed by atoms with Crippen LogP contribution in [0, 0.1) is 5.92 Å². The van der Waals surface area contributed by atoms with Gasteiger partial charge in [-0.25, -0.2) is 13.1 Å². The Hall–Kier alpha value is -1.62. The summed E-state index contributed by atoms with van der Waals surface area (Å²) in [6.07, 6.45) is -2.45. The number of hydrogen-bond acceptors (Lipinski definition) is 4. The number of sulfonamides is 1. The molecule has 1 aliphatic heterocycles. The van der Waals surface area contributed by atoms with E-state index >= 15 is 0 Å². The van der Waals surface area contributed by atoms with E-state index in [4.69, 9.17) is 0 Å². The summed E-state index contributed by atoms with van der Waals surface area (Å²) in [5.41, 5.74) is 1.26. The fourth-order valence-corrected chi connectivity index (χ4v) is 5.15. The van der Waals surface area contributed by atoms with Crippen LogP contribution in [0.5, 0.6) is 5.75 Å². The quantitative estimate of drug-likeness (QED) is 0.536. The lowest BCUT2D eigenvalue weighted by Crippen LogP contribution is -2.35. The smallest absolute Gasteiger partial charge is 0.404 e. The molecule has 3 rings (SSSR count). The molecule has 0 spiro atoms. The lowest BCUT2D eigenvalue weighted by Gasteiger charge is -2.32. The maximum atomic E-state index is 12.6. The monoisotopic (exact) mass is 520 g/mol. The van der Waals surface area contributed by atoms with Gasteiger partial charge in [-0.05, 0) is 62.0 Å². The van der Waals surface area contributed by atoms with Crippen molar-refractivity contribution < 1.29 is 26.3 Å². The molecule has 1 fully saturated rings. The molecule has 0 unspecified atom stereocenters. The molecule has 31 heavy (non-hydrogen) atoms. The van der Waals surface area contributed by atoms with E-state index in [1.807, 2.05) is 18.2 Å². The summed E-state index contributed by atoms with van der Waals surface area (Å²) in [6.45, 7) is 2.92. The van der Waals surface area contributed by atoms with E-state index in [0.29, 0.717) is 12.3 Å². The first-order valence-electron chi connectivity index (χ1n) is 9.94. The van der Waals surface area contributed by atoms with Gasteiger partial charge in [0.2, 0.25) is 10.0 Å². The van der Waals surface area contributed by atoms with Crippen molar-refractivity contribution >= 4 is 26.0 Å². The maximum Gasteiger partial charge on any atom is 0.573 e. The van der Waals surface area contributed by atoms with E-state index in [9.17, 15) is 21.6 Å². The van der Waals surface area contributed by atoms with Crippen molar-refractivity contribution in [2.75, 3.05) is 19.6 Å². The van der Waals surface area contributed by atoms with Gasteiger partial charge in [-0.3, -0.25) is 4.90 Å². The first kappa shape index (κ1) is 24.0. The molecule has 1 saturated heterocycles. The predicted molar refractivity (Wildman–Crippen MR) is 115 cm³/mol. The third kappa shape index (κ3) is 7.48. The minimum Gasteiger partial charge on any atom is -0.404 e. The van der Waals surface area contributed by atoms with Crippen molar-refractivity contribution in [3.8, 4) is 5.75 Å². The third-order valence-corrected chi connectivity index (χ3v) is 7.22. The van der Waals surface area contributed by atoms with Crippen LogP contribution in [0.4, 0.5) is 13.2 Å². The fraction of sp³-hybridized carbons (Fsp3) is 0.429. The average Bonchev–Trinajstić information content (AvgIpc) is 2.68. The molecule has 0 aliphatic carbocycles. The highest BCUT2D eigenvalue weighted by Crippen LogP contribution is 2.32. The van der Waals surface area contributed by atoms with Gasteiger partial charge in [-0.1, -0.05) is 46.3 Å². The molecule has 0 saturated carbocycles. The Labute approximate surface area is 188 Å². The zero-order valence-electron chi connectivity index (χ0n) is 16.7. The number of likely N-dealkylation sites (tertiary alicyclic amines) is 1. The van der Waals surface area contributed by atoms with E-state index in [0.717, 1.165) is 44.6 Å². The number of alkyl halides is 3. The molecule has 2 aromatic carbocycles. The number of ether oxygens (including phenoxy) is 1. The van der Waals surface area contributed by atoms with E-state index in [1.165, 1.54) is 11.6 Å². The Bertz CT molecular complexity index is 964. The van der Waals surface area contributed by atoms with Crippen LogP contribution >= 0.6 is 15.9 Å². The van der Waals surface area contributed by atoms with E-state index in [-0.39, 0.29) is 11.0 Å². The molecule has 5 nitrogen and oxygen atoms in total. The number of halogens is 4. The molecule has 0 amide bonds. The van der Waals surface area contributed by atoms with Gasteiger partial charge in [0, 0.05) is 17.6 Å². The molecule has 0 atom stereocenters. The van der Waals surface area contributed by atoms with Gasteiger partial charge in [-0.2, -0.15) is 0 Å². The van der Waals surface area contributed by atoms with Crippen molar-refractivity contribution in [2.45, 2.75) is 37.1 Å². The third-order valence-electron chi connectivity index (χ3n) is 5.22. The van der Waals surface area contributed by atoms with Crippen molar-refractivity contribution in [1.82, 2.24) is 9.62 Å². The van der Waals surface area contributed by atoms with Gasteiger partial charge in [0.05, 0.1) is 0 Å². The highest BCUT2D eigenvalue weighted by atomic mass is 79.9. The maximum absolute atomic E-state index is 12.6. The second-order valence-corrected chi connectivity index (χ2v) is 10.2. The van der Waals surface area contributed by atoms with E-state index in [1.54, 1.807) is 0 Å². The van der Waals surface area contributed by atoms with Crippen LogP contribution in [0.25, 0.3) is 0 Å². The van der Waals surface area contributed by atoms with E-state index < -0.39 is 27.0 Å². The highest BCUT2D eigenvalue weighted by Gasteiger charge is 2.34. The number of nitrogens with zero attached hydrogens (tertiary/aromatic N) is 1. The Balaban J connectivity index is 1.50. The van der Waals surface area contributed by atoms with Crippen LogP contribution in [0.3, 0.4) is 0 Å². The van der Waals surface area contributed by atoms with Gasteiger partial charge < -0.3 is 4.74 Å². The van der Waals surface area contributed by atoms with Gasteiger partial charge in [0.25, 0.3) is 0 Å². The number of nitrogens with one attached hydrogen (secondary N) is 1. The molecule has 1 aliphatic rings. The zero-order chi connectivity index (χ0) is 22.5.